The molecule has 0 radical (unpaired) electrons. The maximum atomic E-state index is 12.7. The number of hydrogen-bond acceptors (Lipinski definition) is 5. The quantitative estimate of drug-likeness (QED) is 0.556. The number of halogens is 1. The van der Waals surface area contributed by atoms with Crippen molar-refractivity contribution >= 4 is 44.3 Å². The summed E-state index contributed by atoms with van der Waals surface area (Å²) >= 11 is 6.10. The molecule has 1 aromatic heterocycles. The summed E-state index contributed by atoms with van der Waals surface area (Å²) in [5.41, 5.74) is 1.74. The third-order valence-electron chi connectivity index (χ3n) is 4.33. The van der Waals surface area contributed by atoms with Crippen molar-refractivity contribution in [2.24, 2.45) is 0 Å². The summed E-state index contributed by atoms with van der Waals surface area (Å²) in [6, 6.07) is 11.5. The molecule has 0 aliphatic heterocycles. The smallest absolute Gasteiger partial charge is 0.340 e. The predicted octanol–water partition coefficient (Wildman–Crippen LogP) is 3.04. The minimum Gasteiger partial charge on any atom is -0.423 e. The summed E-state index contributed by atoms with van der Waals surface area (Å²) in [5, 5.41) is 1.07. The minimum atomic E-state index is -3.67. The number of hydrogen-bond donors (Lipinski definition) is 2. The number of Topliss-reactive ketones (excluding diaryl/α,β-unsaturated/α-hetero) is 1. The van der Waals surface area contributed by atoms with E-state index in [-0.39, 0.29) is 18.6 Å². The zero-order valence-corrected chi connectivity index (χ0v) is 17.4. The topological polar surface area (TPSA) is 105 Å². The van der Waals surface area contributed by atoms with E-state index in [1.54, 1.807) is 42.5 Å². The van der Waals surface area contributed by atoms with E-state index >= 15 is 0 Å². The lowest BCUT2D eigenvalue weighted by Crippen LogP contribution is -2.26. The van der Waals surface area contributed by atoms with Crippen LogP contribution in [0.5, 0.6) is 0 Å². The Bertz CT molecular complexity index is 1250. The van der Waals surface area contributed by atoms with Crippen LogP contribution in [0.15, 0.2) is 51.7 Å². The van der Waals surface area contributed by atoms with Gasteiger partial charge in [-0.15, -0.1) is 0 Å². The highest BCUT2D eigenvalue weighted by Gasteiger charge is 2.17. The Morgan fingerprint density at radius 1 is 1.14 bits per heavy atom. The summed E-state index contributed by atoms with van der Waals surface area (Å²) in [6.07, 6.45) is 0.229. The maximum absolute atomic E-state index is 12.7. The molecular formula is C20H19ClN2O5S. The van der Waals surface area contributed by atoms with Gasteiger partial charge < -0.3 is 4.42 Å². The van der Waals surface area contributed by atoms with Crippen LogP contribution in [-0.4, -0.2) is 21.2 Å². The Balaban J connectivity index is 2.09. The summed E-state index contributed by atoms with van der Waals surface area (Å²) in [7, 11) is -2.37. The van der Waals surface area contributed by atoms with E-state index in [1.165, 1.54) is 14.0 Å². The van der Waals surface area contributed by atoms with E-state index in [1.807, 2.05) is 0 Å². The van der Waals surface area contributed by atoms with Gasteiger partial charge in [0.05, 0.1) is 5.69 Å². The Hall–Kier alpha value is -2.68. The number of carbonyl (C=O) groups is 1. The van der Waals surface area contributed by atoms with Gasteiger partial charge in [-0.05, 0) is 48.4 Å². The molecule has 0 saturated heterocycles. The van der Waals surface area contributed by atoms with Crippen LogP contribution in [0.1, 0.15) is 23.6 Å². The average molecular weight is 435 g/mol. The molecule has 2 N–H and O–H groups in total. The highest BCUT2D eigenvalue weighted by molar-refractivity contribution is 7.90. The van der Waals surface area contributed by atoms with Crippen LogP contribution in [-0.2, 0) is 27.8 Å². The zero-order valence-electron chi connectivity index (χ0n) is 15.8. The SMILES string of the molecule is CNS(=O)(=O)Nc1cccc(Cc2c(CC(C)=O)c3cc(Cl)ccc3oc2=O)c1. The summed E-state index contributed by atoms with van der Waals surface area (Å²) in [5.74, 6) is -0.103. The number of fused-ring (bicyclic) bond motifs is 1. The van der Waals surface area contributed by atoms with E-state index < -0.39 is 15.8 Å². The second-order valence-electron chi connectivity index (χ2n) is 6.55. The van der Waals surface area contributed by atoms with Crippen LogP contribution in [0.2, 0.25) is 5.02 Å². The fraction of sp³-hybridized carbons (Fsp3) is 0.200. The molecule has 7 nitrogen and oxygen atoms in total. The van der Waals surface area contributed by atoms with Crippen LogP contribution in [0.3, 0.4) is 0 Å². The number of nitrogens with one attached hydrogen (secondary N) is 2. The molecule has 0 spiro atoms. The van der Waals surface area contributed by atoms with Crippen molar-refractivity contribution in [3.63, 3.8) is 0 Å². The first-order valence-electron chi connectivity index (χ1n) is 8.72. The van der Waals surface area contributed by atoms with Crippen molar-refractivity contribution in [3.05, 3.63) is 74.6 Å². The standard InChI is InChI=1S/C20H19ClN2O5S/c1-12(24)8-16-17-11-14(21)6-7-19(17)28-20(25)18(16)10-13-4-3-5-15(9-13)23-29(26,27)22-2/h3-7,9,11,22-23H,8,10H2,1-2H3. The van der Waals surface area contributed by atoms with Gasteiger partial charge in [0.15, 0.2) is 0 Å². The monoisotopic (exact) mass is 434 g/mol. The summed E-state index contributed by atoms with van der Waals surface area (Å²) in [4.78, 5) is 24.5. The average Bonchev–Trinajstić information content (AvgIpc) is 2.65. The van der Waals surface area contributed by atoms with E-state index in [0.29, 0.717) is 38.4 Å². The first-order valence-corrected chi connectivity index (χ1v) is 10.6. The molecule has 9 heteroatoms. The molecule has 0 atom stereocenters. The highest BCUT2D eigenvalue weighted by atomic mass is 35.5. The van der Waals surface area contributed by atoms with Crippen LogP contribution in [0.4, 0.5) is 5.69 Å². The van der Waals surface area contributed by atoms with Crippen molar-refractivity contribution < 1.29 is 17.6 Å². The van der Waals surface area contributed by atoms with Crippen molar-refractivity contribution in [1.82, 2.24) is 4.72 Å². The minimum absolute atomic E-state index is 0.0594. The number of rotatable bonds is 7. The first kappa shape index (κ1) is 21.0. The van der Waals surface area contributed by atoms with E-state index in [0.717, 1.165) is 0 Å². The van der Waals surface area contributed by atoms with Crippen molar-refractivity contribution in [2.75, 3.05) is 11.8 Å². The van der Waals surface area contributed by atoms with Gasteiger partial charge in [-0.1, -0.05) is 23.7 Å². The van der Waals surface area contributed by atoms with Gasteiger partial charge in [0.2, 0.25) is 0 Å². The molecule has 3 rings (SSSR count). The lowest BCUT2D eigenvalue weighted by atomic mass is 9.95. The largest absolute Gasteiger partial charge is 0.423 e. The number of carbonyl (C=O) groups excluding carboxylic acids is 1. The normalized spacial score (nSPS) is 11.6. The zero-order chi connectivity index (χ0) is 21.2. The molecule has 0 bridgehead atoms. The lowest BCUT2D eigenvalue weighted by molar-refractivity contribution is -0.116. The molecule has 1 heterocycles. The highest BCUT2D eigenvalue weighted by Crippen LogP contribution is 2.26. The van der Waals surface area contributed by atoms with Crippen molar-refractivity contribution in [2.45, 2.75) is 19.8 Å². The van der Waals surface area contributed by atoms with Gasteiger partial charge in [-0.3, -0.25) is 9.52 Å². The molecule has 0 unspecified atom stereocenters. The molecular weight excluding hydrogens is 416 g/mol. The molecule has 3 aromatic rings. The summed E-state index contributed by atoms with van der Waals surface area (Å²) in [6.45, 7) is 1.45. The van der Waals surface area contributed by atoms with Crippen molar-refractivity contribution in [3.8, 4) is 0 Å². The molecule has 0 amide bonds. The van der Waals surface area contributed by atoms with Gasteiger partial charge in [-0.25, -0.2) is 9.52 Å². The van der Waals surface area contributed by atoms with Gasteiger partial charge >= 0.3 is 5.63 Å². The second kappa shape index (κ2) is 8.36. The van der Waals surface area contributed by atoms with Gasteiger partial charge in [0.25, 0.3) is 10.2 Å². The Morgan fingerprint density at radius 2 is 1.90 bits per heavy atom. The number of ketones is 1. The maximum Gasteiger partial charge on any atom is 0.340 e. The molecule has 0 saturated carbocycles. The van der Waals surface area contributed by atoms with Gasteiger partial charge in [0.1, 0.15) is 11.4 Å². The molecule has 29 heavy (non-hydrogen) atoms. The van der Waals surface area contributed by atoms with Gasteiger partial charge in [0, 0.05) is 35.9 Å². The first-order chi connectivity index (χ1) is 13.7. The van der Waals surface area contributed by atoms with E-state index in [9.17, 15) is 18.0 Å². The third-order valence-corrected chi connectivity index (χ3v) is 5.61. The molecule has 0 fully saturated rings. The lowest BCUT2D eigenvalue weighted by Gasteiger charge is -2.12. The van der Waals surface area contributed by atoms with E-state index in [2.05, 4.69) is 9.44 Å². The Kier molecular flexibility index (Phi) is 6.07. The summed E-state index contributed by atoms with van der Waals surface area (Å²) < 4.78 is 33.4. The fourth-order valence-electron chi connectivity index (χ4n) is 3.06. The van der Waals surface area contributed by atoms with Crippen LogP contribution < -0.4 is 15.1 Å². The van der Waals surface area contributed by atoms with Crippen LogP contribution in [0, 0.1) is 0 Å². The molecule has 2 aromatic carbocycles. The number of benzene rings is 2. The van der Waals surface area contributed by atoms with E-state index in [4.69, 9.17) is 16.0 Å². The molecule has 0 aliphatic rings. The fourth-order valence-corrected chi connectivity index (χ4v) is 3.77. The van der Waals surface area contributed by atoms with Crippen LogP contribution >= 0.6 is 11.6 Å². The van der Waals surface area contributed by atoms with Crippen molar-refractivity contribution in [1.29, 1.82) is 0 Å². The number of anilines is 1. The molecule has 0 aliphatic carbocycles. The van der Waals surface area contributed by atoms with Gasteiger partial charge in [-0.2, -0.15) is 8.42 Å². The van der Waals surface area contributed by atoms with Crippen LogP contribution in [0.25, 0.3) is 11.0 Å². The molecule has 152 valence electrons. The Labute approximate surface area is 172 Å². The second-order valence-corrected chi connectivity index (χ2v) is 8.61. The predicted molar refractivity (Wildman–Crippen MR) is 113 cm³/mol. The third kappa shape index (κ3) is 5.03. The Morgan fingerprint density at radius 3 is 2.59 bits per heavy atom.